The van der Waals surface area contributed by atoms with Crippen molar-refractivity contribution in [1.29, 1.82) is 0 Å². The van der Waals surface area contributed by atoms with Gasteiger partial charge in [-0.1, -0.05) is 6.92 Å². The van der Waals surface area contributed by atoms with E-state index >= 15 is 0 Å². The van der Waals surface area contributed by atoms with E-state index in [-0.39, 0.29) is 17.2 Å². The molecule has 2 N–H and O–H groups in total. The summed E-state index contributed by atoms with van der Waals surface area (Å²) in [6.07, 6.45) is 8.83. The second-order valence-electron chi connectivity index (χ2n) is 7.55. The van der Waals surface area contributed by atoms with E-state index < -0.39 is 0 Å². The number of nitrogens with one attached hydrogen (secondary N) is 2. The van der Waals surface area contributed by atoms with Crippen molar-refractivity contribution < 1.29 is 9.59 Å². The van der Waals surface area contributed by atoms with Crippen LogP contribution in [0, 0.1) is 23.2 Å². The number of hydrogen-bond donors (Lipinski definition) is 2. The fourth-order valence-corrected chi connectivity index (χ4v) is 5.27. The first kappa shape index (κ1) is 14.9. The molecule has 0 aromatic rings. The zero-order chi connectivity index (χ0) is 14.9. The summed E-state index contributed by atoms with van der Waals surface area (Å²) in [4.78, 5) is 24.0. The predicted octanol–water partition coefficient (Wildman–Crippen LogP) is 2.24. The monoisotopic (exact) mass is 292 g/mol. The average molecular weight is 292 g/mol. The quantitative estimate of drug-likeness (QED) is 0.738. The molecule has 0 saturated heterocycles. The van der Waals surface area contributed by atoms with Gasteiger partial charge < -0.3 is 10.6 Å². The lowest BCUT2D eigenvalue weighted by Crippen LogP contribution is -2.54. The van der Waals surface area contributed by atoms with Gasteiger partial charge in [0, 0.05) is 24.9 Å². The summed E-state index contributed by atoms with van der Waals surface area (Å²) in [6.45, 7) is 3.11. The third kappa shape index (κ3) is 3.09. The van der Waals surface area contributed by atoms with Crippen molar-refractivity contribution in [3.63, 3.8) is 0 Å². The van der Waals surface area contributed by atoms with Crippen LogP contribution in [0.15, 0.2) is 0 Å². The molecule has 0 heterocycles. The predicted molar refractivity (Wildman–Crippen MR) is 81.5 cm³/mol. The van der Waals surface area contributed by atoms with Crippen molar-refractivity contribution in [2.75, 3.05) is 13.1 Å². The lowest BCUT2D eigenvalue weighted by molar-refractivity contribution is -0.146. The zero-order valence-corrected chi connectivity index (χ0v) is 13.1. The number of amides is 2. The third-order valence-electron chi connectivity index (χ3n) is 5.73. The SMILES string of the molecule is CCCC(=O)NCCNC(=O)C12CC3CC(CC(C3)C1)C2. The van der Waals surface area contributed by atoms with Gasteiger partial charge in [0.05, 0.1) is 0 Å². The van der Waals surface area contributed by atoms with Gasteiger partial charge in [0.2, 0.25) is 11.8 Å². The van der Waals surface area contributed by atoms with Crippen molar-refractivity contribution >= 4 is 11.8 Å². The molecular formula is C17H28N2O2. The summed E-state index contributed by atoms with van der Waals surface area (Å²) in [5, 5.41) is 5.94. The van der Waals surface area contributed by atoms with Gasteiger partial charge in [-0.05, 0) is 62.7 Å². The number of carbonyl (C=O) groups excluding carboxylic acids is 2. The number of rotatable bonds is 6. The summed E-state index contributed by atoms with van der Waals surface area (Å²) in [6, 6.07) is 0. The van der Waals surface area contributed by atoms with Crippen LogP contribution in [0.5, 0.6) is 0 Å². The van der Waals surface area contributed by atoms with Crippen molar-refractivity contribution in [3.8, 4) is 0 Å². The lowest BCUT2D eigenvalue weighted by atomic mass is 9.49. The molecule has 118 valence electrons. The molecule has 21 heavy (non-hydrogen) atoms. The molecule has 4 bridgehead atoms. The van der Waals surface area contributed by atoms with Crippen LogP contribution in [0.1, 0.15) is 58.3 Å². The molecule has 4 fully saturated rings. The molecule has 0 aromatic carbocycles. The molecule has 4 rings (SSSR count). The van der Waals surface area contributed by atoms with E-state index in [1.165, 1.54) is 19.3 Å². The molecular weight excluding hydrogens is 264 g/mol. The Labute approximate surface area is 127 Å². The van der Waals surface area contributed by atoms with Gasteiger partial charge in [-0.2, -0.15) is 0 Å². The Morgan fingerprint density at radius 3 is 2.00 bits per heavy atom. The van der Waals surface area contributed by atoms with Crippen LogP contribution >= 0.6 is 0 Å². The normalized spacial score (nSPS) is 36.5. The first-order valence-corrected chi connectivity index (χ1v) is 8.66. The summed E-state index contributed by atoms with van der Waals surface area (Å²) < 4.78 is 0. The Balaban J connectivity index is 1.46. The Bertz CT molecular complexity index is 384. The van der Waals surface area contributed by atoms with Crippen molar-refractivity contribution in [1.82, 2.24) is 10.6 Å². The van der Waals surface area contributed by atoms with E-state index in [2.05, 4.69) is 10.6 Å². The van der Waals surface area contributed by atoms with Gasteiger partial charge in [-0.15, -0.1) is 0 Å². The minimum atomic E-state index is -0.0673. The maximum atomic E-state index is 12.6. The molecule has 4 heteroatoms. The first-order chi connectivity index (χ1) is 10.1. The minimum absolute atomic E-state index is 0.0673. The van der Waals surface area contributed by atoms with E-state index in [4.69, 9.17) is 0 Å². The molecule has 2 amide bonds. The van der Waals surface area contributed by atoms with E-state index in [0.717, 1.165) is 43.4 Å². The van der Waals surface area contributed by atoms with Gasteiger partial charge in [-0.3, -0.25) is 9.59 Å². The van der Waals surface area contributed by atoms with Crippen LogP contribution in [0.25, 0.3) is 0 Å². The molecule has 0 atom stereocenters. The fourth-order valence-electron chi connectivity index (χ4n) is 5.27. The summed E-state index contributed by atoms with van der Waals surface area (Å²) in [5.41, 5.74) is -0.0673. The van der Waals surface area contributed by atoms with Gasteiger partial charge in [-0.25, -0.2) is 0 Å². The van der Waals surface area contributed by atoms with Crippen molar-refractivity contribution in [3.05, 3.63) is 0 Å². The highest BCUT2D eigenvalue weighted by Crippen LogP contribution is 2.60. The van der Waals surface area contributed by atoms with Crippen LogP contribution in [0.4, 0.5) is 0 Å². The van der Waals surface area contributed by atoms with E-state index in [0.29, 0.717) is 19.5 Å². The highest BCUT2D eigenvalue weighted by molar-refractivity contribution is 5.83. The molecule has 0 unspecified atom stereocenters. The standard InChI is InChI=1S/C17H28N2O2/c1-2-3-15(20)18-4-5-19-16(21)17-9-12-6-13(10-17)8-14(7-12)11-17/h12-14H,2-11H2,1H3,(H,18,20)(H,19,21). The zero-order valence-electron chi connectivity index (χ0n) is 13.1. The molecule has 0 radical (unpaired) electrons. The summed E-state index contributed by atoms with van der Waals surface area (Å²) in [7, 11) is 0. The highest BCUT2D eigenvalue weighted by Gasteiger charge is 2.54. The summed E-state index contributed by atoms with van der Waals surface area (Å²) >= 11 is 0. The van der Waals surface area contributed by atoms with E-state index in [1.807, 2.05) is 6.92 Å². The van der Waals surface area contributed by atoms with Crippen LogP contribution in [-0.2, 0) is 9.59 Å². The second kappa shape index (κ2) is 5.98. The largest absolute Gasteiger partial charge is 0.354 e. The molecule has 4 nitrogen and oxygen atoms in total. The Kier molecular flexibility index (Phi) is 4.23. The van der Waals surface area contributed by atoms with Gasteiger partial charge in [0.25, 0.3) is 0 Å². The first-order valence-electron chi connectivity index (χ1n) is 8.66. The smallest absolute Gasteiger partial charge is 0.226 e. The lowest BCUT2D eigenvalue weighted by Gasteiger charge is -2.55. The summed E-state index contributed by atoms with van der Waals surface area (Å²) in [5.74, 6) is 2.73. The number of carbonyl (C=O) groups is 2. The third-order valence-corrected chi connectivity index (χ3v) is 5.73. The van der Waals surface area contributed by atoms with Gasteiger partial charge in [0.1, 0.15) is 0 Å². The van der Waals surface area contributed by atoms with E-state index in [1.54, 1.807) is 0 Å². The second-order valence-corrected chi connectivity index (χ2v) is 7.55. The van der Waals surface area contributed by atoms with E-state index in [9.17, 15) is 9.59 Å². The maximum absolute atomic E-state index is 12.6. The van der Waals surface area contributed by atoms with Crippen LogP contribution in [0.3, 0.4) is 0 Å². The Morgan fingerprint density at radius 1 is 0.952 bits per heavy atom. The van der Waals surface area contributed by atoms with Crippen LogP contribution in [-0.4, -0.2) is 24.9 Å². The van der Waals surface area contributed by atoms with Crippen LogP contribution < -0.4 is 10.6 Å². The van der Waals surface area contributed by atoms with Crippen molar-refractivity contribution in [2.24, 2.45) is 23.2 Å². The van der Waals surface area contributed by atoms with Crippen molar-refractivity contribution in [2.45, 2.75) is 58.3 Å². The Morgan fingerprint density at radius 2 is 1.48 bits per heavy atom. The molecule has 4 saturated carbocycles. The number of hydrogen-bond acceptors (Lipinski definition) is 2. The topological polar surface area (TPSA) is 58.2 Å². The minimum Gasteiger partial charge on any atom is -0.354 e. The fraction of sp³-hybridized carbons (Fsp3) is 0.882. The molecule has 0 spiro atoms. The molecule has 4 aliphatic carbocycles. The van der Waals surface area contributed by atoms with Gasteiger partial charge >= 0.3 is 0 Å². The van der Waals surface area contributed by atoms with Crippen LogP contribution in [0.2, 0.25) is 0 Å². The average Bonchev–Trinajstić information content (AvgIpc) is 2.42. The Hall–Kier alpha value is -1.06. The molecule has 0 aromatic heterocycles. The molecule has 4 aliphatic rings. The maximum Gasteiger partial charge on any atom is 0.226 e. The molecule has 0 aliphatic heterocycles. The highest BCUT2D eigenvalue weighted by atomic mass is 16.2. The van der Waals surface area contributed by atoms with Gasteiger partial charge in [0.15, 0.2) is 0 Å².